The number of methoxy groups -OCH3 is 1. The zero-order valence-electron chi connectivity index (χ0n) is 15.7. The summed E-state index contributed by atoms with van der Waals surface area (Å²) in [6.07, 6.45) is 0. The summed E-state index contributed by atoms with van der Waals surface area (Å²) < 4.78 is 24.3. The van der Waals surface area contributed by atoms with Crippen molar-refractivity contribution in [3.8, 4) is 11.5 Å². The fourth-order valence-corrected chi connectivity index (χ4v) is 2.91. The summed E-state index contributed by atoms with van der Waals surface area (Å²) >= 11 is 0. The van der Waals surface area contributed by atoms with E-state index in [1.807, 2.05) is 18.2 Å². The fourth-order valence-electron chi connectivity index (χ4n) is 2.91. The molecule has 3 aromatic rings. The highest BCUT2D eigenvalue weighted by Crippen LogP contribution is 2.28. The van der Waals surface area contributed by atoms with Gasteiger partial charge in [0.05, 0.1) is 7.11 Å². The molecule has 0 aliphatic heterocycles. The van der Waals surface area contributed by atoms with Gasteiger partial charge in [-0.2, -0.15) is 0 Å². The molecular formula is C23H25FNO2+. The van der Waals surface area contributed by atoms with Crippen LogP contribution in [0.25, 0.3) is 0 Å². The maximum Gasteiger partial charge on any atom is 0.161 e. The standard InChI is InChI=1S/C23H24FNO2/c1-17(20-6-4-3-5-7-20)25-15-19-10-13-22(23(14-19)26-2)27-16-18-8-11-21(24)12-9-18/h3-14,17,25H,15-16H2,1-2H3/p+1/t17-/m1/s1. The Kier molecular flexibility index (Phi) is 6.44. The molecule has 0 aliphatic rings. The maximum absolute atomic E-state index is 13.0. The van der Waals surface area contributed by atoms with Gasteiger partial charge in [0.25, 0.3) is 0 Å². The molecule has 2 N–H and O–H groups in total. The molecule has 0 bridgehead atoms. The predicted molar refractivity (Wildman–Crippen MR) is 104 cm³/mol. The van der Waals surface area contributed by atoms with E-state index < -0.39 is 0 Å². The van der Waals surface area contributed by atoms with Crippen molar-refractivity contribution in [2.75, 3.05) is 7.11 Å². The third-order valence-corrected chi connectivity index (χ3v) is 4.57. The molecule has 0 saturated heterocycles. The predicted octanol–water partition coefficient (Wildman–Crippen LogP) is 4.24. The Balaban J connectivity index is 1.60. The molecule has 1 atom stereocenters. The smallest absolute Gasteiger partial charge is 0.161 e. The highest BCUT2D eigenvalue weighted by atomic mass is 19.1. The molecule has 0 amide bonds. The molecule has 3 nitrogen and oxygen atoms in total. The first-order chi connectivity index (χ1) is 13.2. The van der Waals surface area contributed by atoms with Crippen molar-refractivity contribution in [2.45, 2.75) is 26.1 Å². The molecule has 0 spiro atoms. The van der Waals surface area contributed by atoms with Gasteiger partial charge >= 0.3 is 0 Å². The molecule has 0 unspecified atom stereocenters. The second-order valence-corrected chi connectivity index (χ2v) is 6.54. The van der Waals surface area contributed by atoms with Crippen molar-refractivity contribution < 1.29 is 19.2 Å². The lowest BCUT2D eigenvalue weighted by Crippen LogP contribution is -2.83. The van der Waals surface area contributed by atoms with E-state index >= 15 is 0 Å². The first-order valence-corrected chi connectivity index (χ1v) is 9.08. The lowest BCUT2D eigenvalue weighted by Gasteiger charge is -2.14. The lowest BCUT2D eigenvalue weighted by atomic mass is 10.1. The maximum atomic E-state index is 13.0. The summed E-state index contributed by atoms with van der Waals surface area (Å²) in [6.45, 7) is 3.42. The van der Waals surface area contributed by atoms with E-state index in [-0.39, 0.29) is 5.82 Å². The minimum atomic E-state index is -0.248. The Morgan fingerprint density at radius 2 is 1.59 bits per heavy atom. The summed E-state index contributed by atoms with van der Waals surface area (Å²) in [5.41, 5.74) is 3.39. The highest BCUT2D eigenvalue weighted by molar-refractivity contribution is 5.43. The molecule has 0 heterocycles. The van der Waals surface area contributed by atoms with E-state index in [9.17, 15) is 4.39 Å². The molecule has 0 saturated carbocycles. The number of quaternary nitrogens is 1. The average Bonchev–Trinajstić information content (AvgIpc) is 2.72. The molecule has 0 radical (unpaired) electrons. The second-order valence-electron chi connectivity index (χ2n) is 6.54. The zero-order valence-corrected chi connectivity index (χ0v) is 15.7. The van der Waals surface area contributed by atoms with Crippen LogP contribution in [-0.2, 0) is 13.2 Å². The van der Waals surface area contributed by atoms with E-state index in [1.165, 1.54) is 23.3 Å². The van der Waals surface area contributed by atoms with E-state index in [1.54, 1.807) is 19.2 Å². The second kappa shape index (κ2) is 9.19. The van der Waals surface area contributed by atoms with Crippen LogP contribution in [0.15, 0.2) is 72.8 Å². The van der Waals surface area contributed by atoms with Crippen LogP contribution in [0.4, 0.5) is 4.39 Å². The van der Waals surface area contributed by atoms with E-state index in [2.05, 4.69) is 42.6 Å². The minimum Gasteiger partial charge on any atom is -0.493 e. The van der Waals surface area contributed by atoms with Gasteiger partial charge < -0.3 is 14.8 Å². The van der Waals surface area contributed by atoms with Gasteiger partial charge in [-0.1, -0.05) is 42.5 Å². The molecule has 0 fully saturated rings. The van der Waals surface area contributed by atoms with Gasteiger partial charge in [-0.3, -0.25) is 0 Å². The summed E-state index contributed by atoms with van der Waals surface area (Å²) in [5.74, 6) is 1.14. The van der Waals surface area contributed by atoms with Crippen LogP contribution >= 0.6 is 0 Å². The van der Waals surface area contributed by atoms with Crippen molar-refractivity contribution in [3.63, 3.8) is 0 Å². The van der Waals surface area contributed by atoms with Crippen molar-refractivity contribution in [3.05, 3.63) is 95.3 Å². The SMILES string of the molecule is COc1cc(C[NH2+][C@H](C)c2ccccc2)ccc1OCc1ccc(F)cc1. The quantitative estimate of drug-likeness (QED) is 0.647. The van der Waals surface area contributed by atoms with Gasteiger partial charge in [0, 0.05) is 11.1 Å². The summed E-state index contributed by atoms with van der Waals surface area (Å²) in [7, 11) is 1.64. The molecule has 3 rings (SSSR count). The Morgan fingerprint density at radius 1 is 0.889 bits per heavy atom. The molecular weight excluding hydrogens is 341 g/mol. The van der Waals surface area contributed by atoms with Crippen molar-refractivity contribution in [1.29, 1.82) is 0 Å². The Morgan fingerprint density at radius 3 is 2.30 bits per heavy atom. The summed E-state index contributed by atoms with van der Waals surface area (Å²) in [6, 6.07) is 23.1. The minimum absolute atomic E-state index is 0.248. The number of hydrogen-bond donors (Lipinski definition) is 1. The number of hydrogen-bond acceptors (Lipinski definition) is 2. The number of benzene rings is 3. The van der Waals surface area contributed by atoms with Gasteiger partial charge in [-0.25, -0.2) is 4.39 Å². The third-order valence-electron chi connectivity index (χ3n) is 4.57. The number of nitrogens with two attached hydrogens (primary N) is 1. The first-order valence-electron chi connectivity index (χ1n) is 9.08. The molecule has 140 valence electrons. The van der Waals surface area contributed by atoms with Crippen LogP contribution in [-0.4, -0.2) is 7.11 Å². The van der Waals surface area contributed by atoms with E-state index in [0.29, 0.717) is 24.1 Å². The molecule has 0 aromatic heterocycles. The normalized spacial score (nSPS) is 11.8. The van der Waals surface area contributed by atoms with Crippen molar-refractivity contribution >= 4 is 0 Å². The average molecular weight is 366 g/mol. The largest absolute Gasteiger partial charge is 0.493 e. The van der Waals surface area contributed by atoms with Gasteiger partial charge in [-0.15, -0.1) is 0 Å². The van der Waals surface area contributed by atoms with Crippen LogP contribution in [0.3, 0.4) is 0 Å². The van der Waals surface area contributed by atoms with Crippen LogP contribution in [0.1, 0.15) is 29.7 Å². The number of rotatable bonds is 8. The van der Waals surface area contributed by atoms with Crippen molar-refractivity contribution in [1.82, 2.24) is 0 Å². The Labute approximate surface area is 159 Å². The van der Waals surface area contributed by atoms with Crippen LogP contribution in [0, 0.1) is 5.82 Å². The van der Waals surface area contributed by atoms with Gasteiger partial charge in [0.1, 0.15) is 25.0 Å². The molecule has 4 heteroatoms. The van der Waals surface area contributed by atoms with Crippen LogP contribution in [0.2, 0.25) is 0 Å². The van der Waals surface area contributed by atoms with Gasteiger partial charge in [-0.05, 0) is 42.8 Å². The Hall–Kier alpha value is -2.85. The van der Waals surface area contributed by atoms with E-state index in [4.69, 9.17) is 9.47 Å². The lowest BCUT2D eigenvalue weighted by molar-refractivity contribution is -0.707. The number of ether oxygens (including phenoxy) is 2. The monoisotopic (exact) mass is 366 g/mol. The van der Waals surface area contributed by atoms with Gasteiger partial charge in [0.15, 0.2) is 11.5 Å². The summed E-state index contributed by atoms with van der Waals surface area (Å²) in [4.78, 5) is 0. The van der Waals surface area contributed by atoms with Crippen LogP contribution in [0.5, 0.6) is 11.5 Å². The highest BCUT2D eigenvalue weighted by Gasteiger charge is 2.11. The number of halogens is 1. The van der Waals surface area contributed by atoms with E-state index in [0.717, 1.165) is 12.1 Å². The fraction of sp³-hybridized carbons (Fsp3) is 0.217. The summed E-state index contributed by atoms with van der Waals surface area (Å²) in [5, 5.41) is 2.29. The topological polar surface area (TPSA) is 35.1 Å². The van der Waals surface area contributed by atoms with Crippen LogP contribution < -0.4 is 14.8 Å². The molecule has 0 aliphatic carbocycles. The molecule has 3 aromatic carbocycles. The first kappa shape index (κ1) is 18.9. The third kappa shape index (κ3) is 5.31. The van der Waals surface area contributed by atoms with Gasteiger partial charge in [0.2, 0.25) is 0 Å². The zero-order chi connectivity index (χ0) is 19.1. The molecule has 27 heavy (non-hydrogen) atoms. The van der Waals surface area contributed by atoms with Crippen molar-refractivity contribution in [2.24, 2.45) is 0 Å². The Bertz CT molecular complexity index is 850.